The summed E-state index contributed by atoms with van der Waals surface area (Å²) in [4.78, 5) is 29.7. The van der Waals surface area contributed by atoms with E-state index in [1.165, 1.54) is 19.4 Å². The molecular weight excluding hydrogens is 240 g/mol. The summed E-state index contributed by atoms with van der Waals surface area (Å²) in [6, 6.07) is -0.429. The van der Waals surface area contributed by atoms with E-state index in [0.717, 1.165) is 0 Å². The van der Waals surface area contributed by atoms with Crippen LogP contribution in [0.1, 0.15) is 12.6 Å². The average Bonchev–Trinajstić information content (AvgIpc) is 2.34. The van der Waals surface area contributed by atoms with Crippen LogP contribution in [-0.2, 0) is 11.3 Å². The first kappa shape index (κ1) is 13.8. The number of hydrogen-bond acceptors (Lipinski definition) is 5. The van der Waals surface area contributed by atoms with Gasteiger partial charge in [0.15, 0.2) is 6.04 Å². The van der Waals surface area contributed by atoms with Crippen molar-refractivity contribution in [2.24, 2.45) is 0 Å². The number of hydrogen-bond donors (Lipinski definition) is 4. The number of nitrogens with zero attached hydrogens (tertiary/aromatic N) is 2. The zero-order valence-corrected chi connectivity index (χ0v) is 9.70. The molecule has 0 saturated carbocycles. The first-order valence-electron chi connectivity index (χ1n) is 5.21. The number of aliphatic hydroxyl groups is 1. The van der Waals surface area contributed by atoms with Gasteiger partial charge in [-0.1, -0.05) is 0 Å². The molecule has 1 heterocycles. The number of urea groups is 1. The molecule has 2 amide bonds. The number of carbonyl (C=O) groups excluding carboxylic acids is 1. The van der Waals surface area contributed by atoms with Crippen molar-refractivity contribution in [1.29, 1.82) is 0 Å². The number of rotatable bonds is 5. The molecule has 8 nitrogen and oxygen atoms in total. The fourth-order valence-corrected chi connectivity index (χ4v) is 1.17. The Morgan fingerprint density at radius 3 is 2.72 bits per heavy atom. The largest absolute Gasteiger partial charge is 0.480 e. The maximum absolute atomic E-state index is 11.4. The van der Waals surface area contributed by atoms with Gasteiger partial charge in [0.1, 0.15) is 6.33 Å². The highest BCUT2D eigenvalue weighted by molar-refractivity contribution is 5.82. The molecule has 0 aliphatic carbocycles. The van der Waals surface area contributed by atoms with Gasteiger partial charge < -0.3 is 20.8 Å². The Labute approximate surface area is 103 Å². The van der Waals surface area contributed by atoms with E-state index >= 15 is 0 Å². The Hall–Kier alpha value is -2.22. The summed E-state index contributed by atoms with van der Waals surface area (Å²) in [5, 5.41) is 22.5. The second-order valence-corrected chi connectivity index (χ2v) is 3.58. The number of aliphatic carboxylic acids is 1. The molecule has 1 rings (SSSR count). The van der Waals surface area contributed by atoms with Gasteiger partial charge >= 0.3 is 12.0 Å². The van der Waals surface area contributed by atoms with E-state index in [9.17, 15) is 14.7 Å². The van der Waals surface area contributed by atoms with Crippen LogP contribution in [0.4, 0.5) is 4.79 Å². The Bertz CT molecular complexity index is 410. The molecule has 4 N–H and O–H groups in total. The van der Waals surface area contributed by atoms with Crippen LogP contribution >= 0.6 is 0 Å². The molecule has 0 saturated heterocycles. The number of aromatic nitrogens is 2. The normalized spacial score (nSPS) is 13.4. The van der Waals surface area contributed by atoms with Crippen molar-refractivity contribution in [3.05, 3.63) is 24.3 Å². The highest BCUT2D eigenvalue weighted by atomic mass is 16.4. The van der Waals surface area contributed by atoms with Gasteiger partial charge in [0, 0.05) is 6.20 Å². The highest BCUT2D eigenvalue weighted by Gasteiger charge is 2.24. The van der Waals surface area contributed by atoms with Crippen molar-refractivity contribution in [2.45, 2.75) is 25.6 Å². The van der Waals surface area contributed by atoms with Gasteiger partial charge in [-0.2, -0.15) is 0 Å². The maximum atomic E-state index is 11.4. The molecular formula is C10H14N4O4. The summed E-state index contributed by atoms with van der Waals surface area (Å²) in [5.74, 6) is -1.30. The molecule has 2 atom stereocenters. The van der Waals surface area contributed by atoms with E-state index < -0.39 is 24.1 Å². The van der Waals surface area contributed by atoms with Crippen molar-refractivity contribution < 1.29 is 19.8 Å². The van der Waals surface area contributed by atoms with Crippen LogP contribution < -0.4 is 10.6 Å². The molecule has 98 valence electrons. The van der Waals surface area contributed by atoms with Gasteiger partial charge in [0.25, 0.3) is 0 Å². The number of nitrogens with one attached hydrogen (secondary N) is 2. The molecule has 0 aromatic carbocycles. The minimum absolute atomic E-state index is 0.139. The van der Waals surface area contributed by atoms with Gasteiger partial charge in [-0.05, 0) is 13.0 Å². The first-order chi connectivity index (χ1) is 8.50. The third-order valence-corrected chi connectivity index (χ3v) is 2.11. The number of aliphatic hydroxyl groups excluding tert-OH is 1. The van der Waals surface area contributed by atoms with Crippen molar-refractivity contribution >= 4 is 12.0 Å². The van der Waals surface area contributed by atoms with Crippen LogP contribution in [0.15, 0.2) is 18.6 Å². The predicted molar refractivity (Wildman–Crippen MR) is 60.5 cm³/mol. The average molecular weight is 254 g/mol. The minimum Gasteiger partial charge on any atom is -0.480 e. The van der Waals surface area contributed by atoms with E-state index in [4.69, 9.17) is 5.11 Å². The predicted octanol–water partition coefficient (Wildman–Crippen LogP) is -0.890. The molecule has 0 unspecified atom stereocenters. The topological polar surface area (TPSA) is 124 Å². The third kappa shape index (κ3) is 4.34. The Kier molecular flexibility index (Phi) is 5.00. The van der Waals surface area contributed by atoms with E-state index in [1.807, 2.05) is 0 Å². The van der Waals surface area contributed by atoms with Crippen LogP contribution in [0.3, 0.4) is 0 Å². The van der Waals surface area contributed by atoms with Gasteiger partial charge in [-0.3, -0.25) is 0 Å². The maximum Gasteiger partial charge on any atom is 0.328 e. The summed E-state index contributed by atoms with van der Waals surface area (Å²) < 4.78 is 0. The minimum atomic E-state index is -1.35. The smallest absolute Gasteiger partial charge is 0.328 e. The van der Waals surface area contributed by atoms with E-state index in [2.05, 4.69) is 20.6 Å². The van der Waals surface area contributed by atoms with Crippen LogP contribution in [0.5, 0.6) is 0 Å². The van der Waals surface area contributed by atoms with Crippen molar-refractivity contribution in [3.8, 4) is 0 Å². The van der Waals surface area contributed by atoms with Crippen molar-refractivity contribution in [2.75, 3.05) is 0 Å². The Morgan fingerprint density at radius 1 is 1.50 bits per heavy atom. The quantitative estimate of drug-likeness (QED) is 0.540. The molecule has 18 heavy (non-hydrogen) atoms. The van der Waals surface area contributed by atoms with Gasteiger partial charge in [0.05, 0.1) is 18.3 Å². The van der Waals surface area contributed by atoms with Gasteiger partial charge in [-0.15, -0.1) is 0 Å². The van der Waals surface area contributed by atoms with Crippen LogP contribution in [0.25, 0.3) is 0 Å². The molecule has 1 aromatic heterocycles. The van der Waals surface area contributed by atoms with Crippen molar-refractivity contribution in [3.63, 3.8) is 0 Å². The third-order valence-electron chi connectivity index (χ3n) is 2.11. The number of carboxylic acids is 1. The van der Waals surface area contributed by atoms with Gasteiger partial charge in [-0.25, -0.2) is 19.6 Å². The Balaban J connectivity index is 2.44. The summed E-state index contributed by atoms with van der Waals surface area (Å²) in [6.45, 7) is 1.42. The SMILES string of the molecule is C[C@@H](O)[C@H](NC(=O)NCc1ccncn1)C(=O)O. The number of carboxylic acid groups (broad SMARTS) is 1. The summed E-state index contributed by atoms with van der Waals surface area (Å²) in [6.07, 6.45) is 1.68. The van der Waals surface area contributed by atoms with Gasteiger partial charge in [0.2, 0.25) is 0 Å². The van der Waals surface area contributed by atoms with Crippen LogP contribution in [-0.4, -0.2) is 44.3 Å². The zero-order valence-electron chi connectivity index (χ0n) is 9.70. The lowest BCUT2D eigenvalue weighted by Gasteiger charge is -2.17. The molecule has 1 aromatic rings. The molecule has 0 aliphatic rings. The molecule has 0 radical (unpaired) electrons. The zero-order chi connectivity index (χ0) is 13.5. The van der Waals surface area contributed by atoms with E-state index in [-0.39, 0.29) is 6.54 Å². The number of amides is 2. The lowest BCUT2D eigenvalue weighted by atomic mass is 10.2. The summed E-state index contributed by atoms with van der Waals surface area (Å²) in [7, 11) is 0. The molecule has 0 aliphatic heterocycles. The molecule has 8 heteroatoms. The molecule has 0 bridgehead atoms. The molecule has 0 spiro atoms. The van der Waals surface area contributed by atoms with Crippen molar-refractivity contribution in [1.82, 2.24) is 20.6 Å². The monoisotopic (exact) mass is 254 g/mol. The fourth-order valence-electron chi connectivity index (χ4n) is 1.17. The standard InChI is InChI=1S/C10H14N4O4/c1-6(15)8(9(16)17)14-10(18)12-4-7-2-3-11-5-13-7/h2-3,5-6,8,15H,4H2,1H3,(H,16,17)(H2,12,14,18)/t6-,8+/m1/s1. The van der Waals surface area contributed by atoms with Crippen LogP contribution in [0, 0.1) is 0 Å². The first-order valence-corrected chi connectivity index (χ1v) is 5.21. The highest BCUT2D eigenvalue weighted by Crippen LogP contribution is 1.94. The summed E-state index contributed by atoms with van der Waals surface area (Å²) in [5.41, 5.74) is 0.587. The Morgan fingerprint density at radius 2 is 2.22 bits per heavy atom. The lowest BCUT2D eigenvalue weighted by molar-refractivity contribution is -0.141. The second-order valence-electron chi connectivity index (χ2n) is 3.58. The second kappa shape index (κ2) is 6.50. The van der Waals surface area contributed by atoms with Crippen LogP contribution in [0.2, 0.25) is 0 Å². The lowest BCUT2D eigenvalue weighted by Crippen LogP contribution is -2.51. The van der Waals surface area contributed by atoms with E-state index in [1.54, 1.807) is 6.07 Å². The van der Waals surface area contributed by atoms with E-state index in [0.29, 0.717) is 5.69 Å². The summed E-state index contributed by atoms with van der Waals surface area (Å²) >= 11 is 0. The number of carbonyl (C=O) groups is 2. The fraction of sp³-hybridized carbons (Fsp3) is 0.400. The molecule has 0 fully saturated rings.